The van der Waals surface area contributed by atoms with Crippen molar-refractivity contribution in [2.45, 2.75) is 31.2 Å². The van der Waals surface area contributed by atoms with Gasteiger partial charge >= 0.3 is 5.97 Å². The molecule has 0 saturated heterocycles. The Kier molecular flexibility index (Phi) is 4.85. The zero-order valence-electron chi connectivity index (χ0n) is 16.5. The fraction of sp³-hybridized carbons (Fsp3) is 0.318. The van der Waals surface area contributed by atoms with Crippen molar-refractivity contribution >= 4 is 17.7 Å². The summed E-state index contributed by atoms with van der Waals surface area (Å²) in [7, 11) is 1.57. The van der Waals surface area contributed by atoms with E-state index in [0.717, 1.165) is 18.4 Å². The third-order valence-corrected chi connectivity index (χ3v) is 5.89. The Bertz CT molecular complexity index is 1080. The number of carbonyl (C=O) groups is 3. The van der Waals surface area contributed by atoms with Gasteiger partial charge in [-0.3, -0.25) is 14.4 Å². The Labute approximate surface area is 172 Å². The highest BCUT2D eigenvalue weighted by Gasteiger charge is 2.50. The number of allylic oxidation sites excluding steroid dienone is 1. The van der Waals surface area contributed by atoms with Crippen molar-refractivity contribution in [3.63, 3.8) is 0 Å². The van der Waals surface area contributed by atoms with Gasteiger partial charge < -0.3 is 24.8 Å². The number of amides is 1. The van der Waals surface area contributed by atoms with Gasteiger partial charge in [-0.15, -0.1) is 0 Å². The number of fused-ring (bicyclic) bond motifs is 2. The third kappa shape index (κ3) is 2.87. The second-order valence-electron chi connectivity index (χ2n) is 7.51. The number of carboxylic acid groups (broad SMARTS) is 1. The van der Waals surface area contributed by atoms with Gasteiger partial charge in [0.1, 0.15) is 29.2 Å². The van der Waals surface area contributed by atoms with Crippen LogP contribution in [0.2, 0.25) is 0 Å². The van der Waals surface area contributed by atoms with E-state index in [1.807, 2.05) is 28.8 Å². The van der Waals surface area contributed by atoms with E-state index in [0.29, 0.717) is 24.3 Å². The molecule has 8 heteroatoms. The Morgan fingerprint density at radius 3 is 2.47 bits per heavy atom. The first-order valence-electron chi connectivity index (χ1n) is 9.75. The van der Waals surface area contributed by atoms with Crippen LogP contribution in [0.15, 0.2) is 47.7 Å². The number of carbonyl (C=O) groups excluding carboxylic acids is 2. The van der Waals surface area contributed by atoms with Crippen molar-refractivity contribution in [2.24, 2.45) is 0 Å². The van der Waals surface area contributed by atoms with Crippen LogP contribution in [0.5, 0.6) is 5.75 Å². The molecule has 3 N–H and O–H groups in total. The number of benzene rings is 1. The Balaban J connectivity index is 1.89. The Morgan fingerprint density at radius 1 is 1.13 bits per heavy atom. The van der Waals surface area contributed by atoms with E-state index in [1.54, 1.807) is 19.2 Å². The van der Waals surface area contributed by atoms with Gasteiger partial charge in [-0.2, -0.15) is 0 Å². The molecule has 8 nitrogen and oxygen atoms in total. The van der Waals surface area contributed by atoms with Gasteiger partial charge in [0.2, 0.25) is 5.78 Å². The highest BCUT2D eigenvalue weighted by molar-refractivity contribution is 6.26. The molecule has 2 aromatic rings. The molecule has 1 fully saturated rings. The molecule has 1 saturated carbocycles. The van der Waals surface area contributed by atoms with E-state index >= 15 is 0 Å². The van der Waals surface area contributed by atoms with Crippen molar-refractivity contribution in [3.05, 3.63) is 53.4 Å². The van der Waals surface area contributed by atoms with Crippen LogP contribution in [0.3, 0.4) is 0 Å². The molecule has 156 valence electrons. The molecule has 0 unspecified atom stereocenters. The molecule has 0 bridgehead atoms. The normalized spacial score (nSPS) is 17.2. The largest absolute Gasteiger partial charge is 0.509 e. The van der Waals surface area contributed by atoms with E-state index in [9.17, 15) is 19.5 Å². The Hall–Kier alpha value is -3.55. The number of hydrogen-bond acceptors (Lipinski definition) is 5. The summed E-state index contributed by atoms with van der Waals surface area (Å²) >= 11 is 0. The third-order valence-electron chi connectivity index (χ3n) is 5.89. The molecule has 30 heavy (non-hydrogen) atoms. The summed E-state index contributed by atoms with van der Waals surface area (Å²) in [5.74, 6) is -2.41. The zero-order chi connectivity index (χ0) is 21.5. The summed E-state index contributed by atoms with van der Waals surface area (Å²) in [6.45, 7) is -0.636. The first-order chi connectivity index (χ1) is 14.4. The number of aromatic nitrogens is 1. The summed E-state index contributed by atoms with van der Waals surface area (Å²) in [5, 5.41) is 22.2. The van der Waals surface area contributed by atoms with E-state index in [2.05, 4.69) is 5.32 Å². The van der Waals surface area contributed by atoms with Gasteiger partial charge in [0.15, 0.2) is 0 Å². The number of rotatable bonds is 5. The van der Waals surface area contributed by atoms with E-state index in [1.165, 1.54) is 0 Å². The molecule has 0 atom stereocenters. The van der Waals surface area contributed by atoms with Crippen molar-refractivity contribution < 1.29 is 29.3 Å². The van der Waals surface area contributed by atoms with Crippen molar-refractivity contribution in [2.75, 3.05) is 13.7 Å². The summed E-state index contributed by atoms with van der Waals surface area (Å²) < 4.78 is 7.31. The standard InChI is InChI=1S/C22H22N2O6/c1-30-16-7-3-2-6-13(16)14-8-9-15-19(27)18(21(29)23-12-17(25)26)20(28)22(24(14)15)10-4-5-11-22/h2-3,6-9,28H,4-5,10-12H2,1H3,(H,23,29)(H,25,26). The zero-order valence-corrected chi connectivity index (χ0v) is 16.5. The number of ketones is 1. The highest BCUT2D eigenvalue weighted by atomic mass is 16.5. The molecule has 1 aliphatic heterocycles. The lowest BCUT2D eigenvalue weighted by molar-refractivity contribution is -0.137. The van der Waals surface area contributed by atoms with Gasteiger partial charge in [-0.25, -0.2) is 0 Å². The molecule has 1 spiro atoms. The van der Waals surface area contributed by atoms with Crippen molar-refractivity contribution in [1.29, 1.82) is 0 Å². The van der Waals surface area contributed by atoms with E-state index in [4.69, 9.17) is 9.84 Å². The smallest absolute Gasteiger partial charge is 0.322 e. The molecule has 4 rings (SSSR count). The summed E-state index contributed by atoms with van der Waals surface area (Å²) in [6.07, 6.45) is 2.77. The lowest BCUT2D eigenvalue weighted by atomic mass is 9.84. The topological polar surface area (TPSA) is 118 Å². The average Bonchev–Trinajstić information content (AvgIpc) is 3.39. The minimum absolute atomic E-state index is 0.288. The van der Waals surface area contributed by atoms with Crippen LogP contribution >= 0.6 is 0 Å². The fourth-order valence-corrected chi connectivity index (χ4v) is 4.59. The van der Waals surface area contributed by atoms with Crippen LogP contribution in [0.1, 0.15) is 36.2 Å². The quantitative estimate of drug-likeness (QED) is 0.652. The monoisotopic (exact) mass is 410 g/mol. The van der Waals surface area contributed by atoms with Crippen molar-refractivity contribution in [1.82, 2.24) is 9.88 Å². The first-order valence-corrected chi connectivity index (χ1v) is 9.75. The van der Waals surface area contributed by atoms with Crippen LogP contribution in [-0.2, 0) is 15.1 Å². The first kappa shape index (κ1) is 19.8. The van der Waals surface area contributed by atoms with Gasteiger partial charge in [0.05, 0.1) is 18.5 Å². The van der Waals surface area contributed by atoms with Gasteiger partial charge in [0, 0.05) is 5.56 Å². The lowest BCUT2D eigenvalue weighted by Crippen LogP contribution is -2.45. The number of aliphatic hydroxyl groups excluding tert-OH is 1. The summed E-state index contributed by atoms with van der Waals surface area (Å²) in [5.41, 5.74) is 0.469. The minimum atomic E-state index is -1.23. The molecule has 0 radical (unpaired) electrons. The van der Waals surface area contributed by atoms with Crippen LogP contribution in [0.25, 0.3) is 11.3 Å². The predicted molar refractivity (Wildman–Crippen MR) is 107 cm³/mol. The molecule has 2 heterocycles. The summed E-state index contributed by atoms with van der Waals surface area (Å²) in [6, 6.07) is 10.8. The van der Waals surface area contributed by atoms with Crippen LogP contribution < -0.4 is 10.1 Å². The van der Waals surface area contributed by atoms with Crippen LogP contribution in [0.4, 0.5) is 0 Å². The SMILES string of the molecule is COc1ccccc1-c1ccc2n1C1(CCCC1)C(O)=C(C(=O)NCC(=O)O)C2=O. The predicted octanol–water partition coefficient (Wildman–Crippen LogP) is 2.64. The number of ether oxygens (including phenoxy) is 1. The number of aliphatic carboxylic acids is 1. The van der Waals surface area contributed by atoms with Gasteiger partial charge in [-0.05, 0) is 37.1 Å². The maximum absolute atomic E-state index is 13.2. The van der Waals surface area contributed by atoms with Gasteiger partial charge in [-0.1, -0.05) is 25.0 Å². The molecule has 1 amide bonds. The molecular formula is C22H22N2O6. The number of nitrogens with one attached hydrogen (secondary N) is 1. The minimum Gasteiger partial charge on any atom is -0.509 e. The number of nitrogens with zero attached hydrogens (tertiary/aromatic N) is 1. The number of aliphatic hydroxyl groups is 1. The number of carboxylic acids is 1. The number of methoxy groups -OCH3 is 1. The summed E-state index contributed by atoms with van der Waals surface area (Å²) in [4.78, 5) is 36.6. The fourth-order valence-electron chi connectivity index (χ4n) is 4.59. The second kappa shape index (κ2) is 7.37. The van der Waals surface area contributed by atoms with E-state index in [-0.39, 0.29) is 17.0 Å². The van der Waals surface area contributed by atoms with Crippen LogP contribution in [-0.4, -0.2) is 46.1 Å². The molecule has 2 aliphatic rings. The van der Waals surface area contributed by atoms with Gasteiger partial charge in [0.25, 0.3) is 5.91 Å². The Morgan fingerprint density at radius 2 is 1.80 bits per heavy atom. The van der Waals surface area contributed by atoms with Crippen molar-refractivity contribution in [3.8, 4) is 17.0 Å². The molecule has 1 aromatic carbocycles. The highest BCUT2D eigenvalue weighted by Crippen LogP contribution is 2.49. The van der Waals surface area contributed by atoms with E-state index < -0.39 is 29.7 Å². The maximum Gasteiger partial charge on any atom is 0.322 e. The number of para-hydroxylation sites is 1. The number of Topliss-reactive ketones (excluding diaryl/α,β-unsaturated/α-hetero) is 1. The average molecular weight is 410 g/mol. The molecule has 1 aromatic heterocycles. The lowest BCUT2D eigenvalue weighted by Gasteiger charge is -2.38. The molecular weight excluding hydrogens is 388 g/mol. The second-order valence-corrected chi connectivity index (χ2v) is 7.51. The molecule has 1 aliphatic carbocycles. The number of hydrogen-bond donors (Lipinski definition) is 3. The van der Waals surface area contributed by atoms with Crippen LogP contribution in [0, 0.1) is 0 Å². The maximum atomic E-state index is 13.2.